The number of rotatable bonds is 1. The number of hydrogen-bond donors (Lipinski definition) is 2. The highest BCUT2D eigenvalue weighted by molar-refractivity contribution is 6.43. The average molecular weight is 137 g/mol. The van der Waals surface area contributed by atoms with Gasteiger partial charge in [-0.25, -0.2) is 5.84 Å². The summed E-state index contributed by atoms with van der Waals surface area (Å²) in [5.74, 6) is 4.49. The first-order chi connectivity index (χ1) is 4.84. The van der Waals surface area contributed by atoms with Crippen molar-refractivity contribution < 1.29 is 4.79 Å². The maximum absolute atomic E-state index is 10.7. The Kier molecular flexibility index (Phi) is 1.96. The van der Waals surface area contributed by atoms with Crippen LogP contribution in [0.5, 0.6) is 0 Å². The molecular weight excluding hydrogens is 130 g/mol. The van der Waals surface area contributed by atoms with Crippen molar-refractivity contribution in [1.29, 1.82) is 0 Å². The van der Waals surface area contributed by atoms with Gasteiger partial charge in [0.25, 0.3) is 0 Å². The minimum Gasteiger partial charge on any atom is -0.285 e. The Balaban J connectivity index is 2.74. The lowest BCUT2D eigenvalue weighted by molar-refractivity contribution is -0.114. The highest BCUT2D eigenvalue weighted by Gasteiger charge is 2.16. The van der Waals surface area contributed by atoms with Gasteiger partial charge in [0.05, 0.1) is 4.99 Å². The van der Waals surface area contributed by atoms with E-state index in [-0.39, 0.29) is 5.91 Å². The largest absolute Gasteiger partial charge is 0.342 e. The van der Waals surface area contributed by atoms with Crippen molar-refractivity contribution in [2.75, 3.05) is 0 Å². The first-order valence-corrected chi connectivity index (χ1v) is 2.76. The zero-order valence-corrected chi connectivity index (χ0v) is 5.24. The van der Waals surface area contributed by atoms with Crippen LogP contribution in [0.4, 0.5) is 0 Å². The number of hydrogen-bond acceptors (Lipinski definition) is 3. The molecule has 1 aliphatic rings. The van der Waals surface area contributed by atoms with Gasteiger partial charge in [0, 0.05) is 12.2 Å². The van der Waals surface area contributed by atoms with Crippen molar-refractivity contribution in [2.24, 2.45) is 5.84 Å². The molecule has 51 valence electrons. The molecule has 0 saturated heterocycles. The number of allylic oxidation sites excluding steroid dienone is 2. The number of nitrogens with zero attached hydrogens (tertiary/aromatic N) is 1. The Morgan fingerprint density at radius 1 is 1.60 bits per heavy atom. The Labute approximate surface area is 58.1 Å². The fraction of sp³-hybridized carbons (Fsp3) is 0. The van der Waals surface area contributed by atoms with Gasteiger partial charge in [-0.05, 0) is 6.08 Å². The molecule has 1 amide bonds. The Hall–Kier alpha value is -1.42. The van der Waals surface area contributed by atoms with Gasteiger partial charge in [-0.1, -0.05) is 0 Å². The van der Waals surface area contributed by atoms with Crippen molar-refractivity contribution >= 4 is 11.6 Å². The number of hydrazine groups is 1. The Morgan fingerprint density at radius 2 is 2.40 bits per heavy atom. The van der Waals surface area contributed by atoms with Crippen LogP contribution in [0.15, 0.2) is 24.4 Å². The number of nitrogens with one attached hydrogen (secondary N) is 1. The average Bonchev–Trinajstić information content (AvgIpc) is 2.05. The van der Waals surface area contributed by atoms with E-state index < -0.39 is 0 Å². The van der Waals surface area contributed by atoms with Gasteiger partial charge in [-0.15, -0.1) is 0 Å². The van der Waals surface area contributed by atoms with Gasteiger partial charge < -0.3 is 0 Å². The summed E-state index contributed by atoms with van der Waals surface area (Å²) in [6, 6.07) is 0. The summed E-state index contributed by atoms with van der Waals surface area (Å²) in [7, 11) is 0. The van der Waals surface area contributed by atoms with E-state index in [1.807, 2.05) is 5.43 Å². The van der Waals surface area contributed by atoms with Crippen LogP contribution in [0.3, 0.4) is 0 Å². The molecule has 1 rings (SSSR count). The molecule has 0 aromatic carbocycles. The maximum Gasteiger partial charge on any atom is 0.342 e. The Bertz CT molecular complexity index is 227. The van der Waals surface area contributed by atoms with Crippen molar-refractivity contribution in [1.82, 2.24) is 10.4 Å². The van der Waals surface area contributed by atoms with Gasteiger partial charge in [-0.2, -0.15) is 0 Å². The fourth-order valence-corrected chi connectivity index (χ4v) is 0.571. The minimum atomic E-state index is -0.374. The van der Waals surface area contributed by atoms with Crippen LogP contribution >= 0.6 is 0 Å². The fourth-order valence-electron chi connectivity index (χ4n) is 0.571. The molecule has 0 fully saturated rings. The van der Waals surface area contributed by atoms with Crippen LogP contribution in [-0.2, 0) is 4.79 Å². The smallest absolute Gasteiger partial charge is 0.285 e. The van der Waals surface area contributed by atoms with Gasteiger partial charge >= 0.3 is 11.6 Å². The molecule has 1 radical (unpaired) electrons. The molecule has 4 nitrogen and oxygen atoms in total. The van der Waals surface area contributed by atoms with Gasteiger partial charge in [0.2, 0.25) is 6.20 Å². The highest BCUT2D eigenvalue weighted by atomic mass is 16.2. The van der Waals surface area contributed by atoms with Crippen molar-refractivity contribution in [3.05, 3.63) is 24.4 Å². The second-order valence-corrected chi connectivity index (χ2v) is 1.69. The predicted molar refractivity (Wildman–Crippen MR) is 37.8 cm³/mol. The molecule has 4 heteroatoms. The number of amides is 1. The maximum atomic E-state index is 10.7. The molecule has 1 aliphatic heterocycles. The van der Waals surface area contributed by atoms with Gasteiger partial charge in [0.1, 0.15) is 0 Å². The normalized spacial score (nSPS) is 14.7. The van der Waals surface area contributed by atoms with Crippen LogP contribution in [0, 0.1) is 0 Å². The quantitative estimate of drug-likeness (QED) is 0.272. The van der Waals surface area contributed by atoms with E-state index in [1.54, 1.807) is 18.2 Å². The summed E-state index contributed by atoms with van der Waals surface area (Å²) in [5, 5.41) is 0. The molecule has 0 aliphatic carbocycles. The van der Waals surface area contributed by atoms with E-state index in [0.29, 0.717) is 5.71 Å². The molecule has 0 bridgehead atoms. The van der Waals surface area contributed by atoms with Crippen molar-refractivity contribution in [3.8, 4) is 0 Å². The summed E-state index contributed by atoms with van der Waals surface area (Å²) in [5.41, 5.74) is 2.30. The summed E-state index contributed by atoms with van der Waals surface area (Å²) in [4.78, 5) is 14.5. The highest BCUT2D eigenvalue weighted by Crippen LogP contribution is 1.84. The third-order valence-electron chi connectivity index (χ3n) is 1.03. The SMILES string of the molecule is NNC(=O)C1=[N+]C=CC=C1. The summed E-state index contributed by atoms with van der Waals surface area (Å²) >= 11 is 0. The molecule has 0 unspecified atom stereocenters. The first kappa shape index (κ1) is 6.70. The minimum absolute atomic E-state index is 0.324. The zero-order chi connectivity index (χ0) is 7.40. The van der Waals surface area contributed by atoms with Crippen molar-refractivity contribution in [3.63, 3.8) is 0 Å². The number of aliphatic imine (C=N–C) groups is 1. The third kappa shape index (κ3) is 1.29. The van der Waals surface area contributed by atoms with E-state index >= 15 is 0 Å². The van der Waals surface area contributed by atoms with E-state index in [4.69, 9.17) is 5.84 Å². The summed E-state index contributed by atoms with van der Waals surface area (Å²) in [6.45, 7) is 0. The number of carbonyl (C=O) groups excluding carboxylic acids is 1. The topological polar surface area (TPSA) is 69.2 Å². The number of carbonyl (C=O) groups is 1. The summed E-state index contributed by atoms with van der Waals surface area (Å²) < 4.78 is 0. The first-order valence-electron chi connectivity index (χ1n) is 2.76. The second-order valence-electron chi connectivity index (χ2n) is 1.69. The lowest BCUT2D eigenvalue weighted by Gasteiger charge is -1.88. The van der Waals surface area contributed by atoms with Crippen molar-refractivity contribution in [2.45, 2.75) is 0 Å². The van der Waals surface area contributed by atoms with Gasteiger partial charge in [0.15, 0.2) is 0 Å². The molecule has 0 saturated carbocycles. The Morgan fingerprint density at radius 3 is 2.90 bits per heavy atom. The van der Waals surface area contributed by atoms with Crippen LogP contribution in [-0.4, -0.2) is 11.6 Å². The molecule has 3 N–H and O–H groups in total. The standard InChI is InChI=1S/C6H7N3O/c7-9-6(10)5-3-1-2-4-8-5/h1-4H,7H2,(H,9,10)/q+1. The molecule has 0 aromatic heterocycles. The lowest BCUT2D eigenvalue weighted by Crippen LogP contribution is -2.37. The molecule has 0 aromatic rings. The number of nitrogens with two attached hydrogens (primary N) is 1. The van der Waals surface area contributed by atoms with Crippen LogP contribution in [0.25, 0.3) is 0 Å². The predicted octanol–water partition coefficient (Wildman–Crippen LogP) is -1.16. The van der Waals surface area contributed by atoms with Crippen LogP contribution in [0.1, 0.15) is 0 Å². The third-order valence-corrected chi connectivity index (χ3v) is 1.03. The molecule has 0 spiro atoms. The zero-order valence-electron chi connectivity index (χ0n) is 5.24. The molecule has 0 atom stereocenters. The van der Waals surface area contributed by atoms with E-state index in [0.717, 1.165) is 0 Å². The summed E-state index contributed by atoms with van der Waals surface area (Å²) in [6.07, 6.45) is 6.57. The molecular formula is C6H7N3O+. The monoisotopic (exact) mass is 137 g/mol. The van der Waals surface area contributed by atoms with Gasteiger partial charge in [-0.3, -0.25) is 10.2 Å². The second kappa shape index (κ2) is 2.93. The van der Waals surface area contributed by atoms with Crippen LogP contribution < -0.4 is 16.3 Å². The lowest BCUT2D eigenvalue weighted by atomic mass is 10.3. The molecule has 10 heavy (non-hydrogen) atoms. The molecule has 1 heterocycles. The van der Waals surface area contributed by atoms with E-state index in [9.17, 15) is 4.79 Å². The van der Waals surface area contributed by atoms with E-state index in [2.05, 4.69) is 4.99 Å². The van der Waals surface area contributed by atoms with E-state index in [1.165, 1.54) is 6.20 Å². The van der Waals surface area contributed by atoms with Crippen LogP contribution in [0.2, 0.25) is 0 Å².